The second-order valence-electron chi connectivity index (χ2n) is 3.67. The molecule has 0 bridgehead atoms. The quantitative estimate of drug-likeness (QED) is 0.456. The van der Waals surface area contributed by atoms with E-state index in [-0.39, 0.29) is 6.54 Å². The van der Waals surface area contributed by atoms with Gasteiger partial charge in [-0.2, -0.15) is 0 Å². The number of amides is 1. The fourth-order valence-electron chi connectivity index (χ4n) is 0.636. The number of esters is 1. The molecule has 0 aromatic carbocycles. The first kappa shape index (κ1) is 11.9. The monoisotopic (exact) mass is 188 g/mol. The van der Waals surface area contributed by atoms with E-state index < -0.39 is 17.6 Å². The summed E-state index contributed by atoms with van der Waals surface area (Å²) >= 11 is 0. The topological polar surface area (TPSA) is 81.4 Å². The van der Waals surface area contributed by atoms with Gasteiger partial charge in [0.1, 0.15) is 11.6 Å². The van der Waals surface area contributed by atoms with Crippen molar-refractivity contribution in [3.8, 4) is 0 Å². The lowest BCUT2D eigenvalue weighted by molar-refractivity contribution is -0.156. The first-order chi connectivity index (χ1) is 5.87. The Morgan fingerprint density at radius 2 is 2.15 bits per heavy atom. The fourth-order valence-corrected chi connectivity index (χ4v) is 0.636. The van der Waals surface area contributed by atoms with Gasteiger partial charge in [0, 0.05) is 6.54 Å². The first-order valence-corrected chi connectivity index (χ1v) is 4.02. The molecule has 1 amide bonds. The van der Waals surface area contributed by atoms with Gasteiger partial charge in [0.25, 0.3) is 0 Å². The van der Waals surface area contributed by atoms with E-state index in [1.54, 1.807) is 20.8 Å². The van der Waals surface area contributed by atoms with Crippen LogP contribution >= 0.6 is 0 Å². The summed E-state index contributed by atoms with van der Waals surface area (Å²) in [5.41, 5.74) is 4.87. The predicted octanol–water partition coefficient (Wildman–Crippen LogP) is -0.599. The number of rotatable bonds is 4. The number of carbonyl (C=O) groups is 2. The van der Waals surface area contributed by atoms with Gasteiger partial charge in [0.2, 0.25) is 6.41 Å². The zero-order chi connectivity index (χ0) is 10.5. The van der Waals surface area contributed by atoms with Crippen LogP contribution in [-0.4, -0.2) is 30.6 Å². The van der Waals surface area contributed by atoms with Crippen molar-refractivity contribution < 1.29 is 14.3 Å². The van der Waals surface area contributed by atoms with Gasteiger partial charge >= 0.3 is 5.97 Å². The van der Waals surface area contributed by atoms with E-state index in [2.05, 4.69) is 5.32 Å². The summed E-state index contributed by atoms with van der Waals surface area (Å²) in [5, 5.41) is 2.31. The van der Waals surface area contributed by atoms with Gasteiger partial charge in [-0.25, -0.2) is 0 Å². The number of hydrogen-bond donors (Lipinski definition) is 2. The Morgan fingerprint density at radius 3 is 2.54 bits per heavy atom. The molecule has 0 aliphatic carbocycles. The van der Waals surface area contributed by atoms with Crippen LogP contribution in [0, 0.1) is 0 Å². The fraction of sp³-hybridized carbons (Fsp3) is 0.750. The highest BCUT2D eigenvalue weighted by Crippen LogP contribution is 2.07. The van der Waals surface area contributed by atoms with Gasteiger partial charge in [-0.15, -0.1) is 0 Å². The Bertz CT molecular complexity index is 186. The minimum absolute atomic E-state index is 0.0956. The molecule has 0 spiro atoms. The third-order valence-corrected chi connectivity index (χ3v) is 1.13. The molecule has 0 saturated carbocycles. The standard InChI is InChI=1S/C8H16N2O3/c1-8(2,3)13-7(12)6(9)4-10-5-11/h5-6H,4,9H2,1-3H3,(H,10,11)/t6-/m0/s1. The number of nitrogens with two attached hydrogens (primary N) is 1. The molecule has 0 unspecified atom stereocenters. The van der Waals surface area contributed by atoms with Gasteiger partial charge in [-0.3, -0.25) is 9.59 Å². The molecule has 0 heterocycles. The summed E-state index contributed by atoms with van der Waals surface area (Å²) in [6, 6.07) is -0.801. The van der Waals surface area contributed by atoms with Crippen molar-refractivity contribution in [2.45, 2.75) is 32.4 Å². The normalized spacial score (nSPS) is 13.2. The molecule has 3 N–H and O–H groups in total. The summed E-state index contributed by atoms with van der Waals surface area (Å²) in [6.45, 7) is 5.36. The Morgan fingerprint density at radius 1 is 1.62 bits per heavy atom. The van der Waals surface area contributed by atoms with Crippen molar-refractivity contribution >= 4 is 12.4 Å². The third kappa shape index (κ3) is 6.10. The van der Waals surface area contributed by atoms with E-state index in [9.17, 15) is 9.59 Å². The molecular formula is C8H16N2O3. The second kappa shape index (κ2) is 4.81. The molecule has 5 heteroatoms. The van der Waals surface area contributed by atoms with E-state index in [1.165, 1.54) is 0 Å². The Labute approximate surface area is 77.6 Å². The van der Waals surface area contributed by atoms with E-state index in [4.69, 9.17) is 10.5 Å². The molecule has 5 nitrogen and oxygen atoms in total. The molecule has 76 valence electrons. The minimum atomic E-state index is -0.801. The first-order valence-electron chi connectivity index (χ1n) is 4.02. The van der Waals surface area contributed by atoms with Crippen molar-refractivity contribution in [2.75, 3.05) is 6.54 Å². The second-order valence-corrected chi connectivity index (χ2v) is 3.67. The van der Waals surface area contributed by atoms with E-state index >= 15 is 0 Å². The van der Waals surface area contributed by atoms with Crippen molar-refractivity contribution in [3.63, 3.8) is 0 Å². The lowest BCUT2D eigenvalue weighted by Crippen LogP contribution is -2.43. The lowest BCUT2D eigenvalue weighted by atomic mass is 10.2. The average molecular weight is 188 g/mol. The minimum Gasteiger partial charge on any atom is -0.459 e. The molecular weight excluding hydrogens is 172 g/mol. The number of ether oxygens (including phenoxy) is 1. The highest BCUT2D eigenvalue weighted by molar-refractivity contribution is 5.76. The molecule has 0 aliphatic heterocycles. The highest BCUT2D eigenvalue weighted by atomic mass is 16.6. The SMILES string of the molecule is CC(C)(C)OC(=O)[C@@H](N)CNC=O. The Balaban J connectivity index is 3.89. The highest BCUT2D eigenvalue weighted by Gasteiger charge is 2.21. The van der Waals surface area contributed by atoms with Crippen molar-refractivity contribution in [1.29, 1.82) is 0 Å². The van der Waals surface area contributed by atoms with Crippen LogP contribution in [0.2, 0.25) is 0 Å². The van der Waals surface area contributed by atoms with Crippen LogP contribution in [0.4, 0.5) is 0 Å². The van der Waals surface area contributed by atoms with Gasteiger partial charge in [-0.1, -0.05) is 0 Å². The smallest absolute Gasteiger partial charge is 0.325 e. The van der Waals surface area contributed by atoms with Crippen molar-refractivity contribution in [1.82, 2.24) is 5.32 Å². The van der Waals surface area contributed by atoms with Gasteiger partial charge in [0.15, 0.2) is 0 Å². The van der Waals surface area contributed by atoms with Crippen LogP contribution in [0.25, 0.3) is 0 Å². The van der Waals surface area contributed by atoms with Gasteiger partial charge < -0.3 is 15.8 Å². The predicted molar refractivity (Wildman–Crippen MR) is 47.9 cm³/mol. The summed E-state index contributed by atoms with van der Waals surface area (Å²) in [4.78, 5) is 21.1. The number of hydrogen-bond acceptors (Lipinski definition) is 4. The summed E-state index contributed by atoms with van der Waals surface area (Å²) in [5.74, 6) is -0.512. The molecule has 0 aromatic rings. The number of carbonyl (C=O) groups excluding carboxylic acids is 2. The number of nitrogens with one attached hydrogen (secondary N) is 1. The maximum atomic E-state index is 11.2. The molecule has 0 rings (SSSR count). The van der Waals surface area contributed by atoms with Crippen LogP contribution in [0.15, 0.2) is 0 Å². The van der Waals surface area contributed by atoms with Crippen LogP contribution in [0.5, 0.6) is 0 Å². The van der Waals surface area contributed by atoms with Crippen LogP contribution in [0.1, 0.15) is 20.8 Å². The Kier molecular flexibility index (Phi) is 4.40. The molecule has 0 saturated heterocycles. The summed E-state index contributed by atoms with van der Waals surface area (Å²) in [7, 11) is 0. The van der Waals surface area contributed by atoms with Crippen LogP contribution in [0.3, 0.4) is 0 Å². The maximum absolute atomic E-state index is 11.2. The third-order valence-electron chi connectivity index (χ3n) is 1.13. The van der Waals surface area contributed by atoms with E-state index in [0.717, 1.165) is 0 Å². The summed E-state index contributed by atoms with van der Waals surface area (Å²) < 4.78 is 4.98. The van der Waals surface area contributed by atoms with E-state index in [1.807, 2.05) is 0 Å². The zero-order valence-electron chi connectivity index (χ0n) is 8.16. The van der Waals surface area contributed by atoms with Crippen LogP contribution < -0.4 is 11.1 Å². The van der Waals surface area contributed by atoms with Crippen molar-refractivity contribution in [2.24, 2.45) is 5.73 Å². The zero-order valence-corrected chi connectivity index (χ0v) is 8.16. The van der Waals surface area contributed by atoms with Gasteiger partial charge in [0.05, 0.1) is 0 Å². The average Bonchev–Trinajstić information content (AvgIpc) is 1.96. The Hall–Kier alpha value is -1.10. The molecule has 1 atom stereocenters. The maximum Gasteiger partial charge on any atom is 0.325 e. The van der Waals surface area contributed by atoms with E-state index in [0.29, 0.717) is 6.41 Å². The molecule has 0 aromatic heterocycles. The molecule has 0 radical (unpaired) electrons. The summed E-state index contributed by atoms with van der Waals surface area (Å²) in [6.07, 6.45) is 0.490. The molecule has 13 heavy (non-hydrogen) atoms. The van der Waals surface area contributed by atoms with Crippen LogP contribution in [-0.2, 0) is 14.3 Å². The lowest BCUT2D eigenvalue weighted by Gasteiger charge is -2.21. The van der Waals surface area contributed by atoms with Crippen molar-refractivity contribution in [3.05, 3.63) is 0 Å². The molecule has 0 aliphatic rings. The molecule has 0 fully saturated rings. The largest absolute Gasteiger partial charge is 0.459 e. The van der Waals surface area contributed by atoms with Gasteiger partial charge in [-0.05, 0) is 20.8 Å².